The standard InChI is InChI=1S/C28H18Cl2N2O2/c1-33-20-12-6-17(7-13-20)16-32-28-24(15-31)26(18-8-10-19(29)11-9-18)23-14-25(30)21-4-2-3-5-22(21)27(23)34-28/h2-14,16,26H,1H3/b32-16+. The maximum Gasteiger partial charge on any atom is 0.234 e. The molecule has 4 nitrogen and oxygen atoms in total. The molecule has 1 heterocycles. The molecule has 1 unspecified atom stereocenters. The van der Waals surface area contributed by atoms with Gasteiger partial charge in [-0.3, -0.25) is 0 Å². The van der Waals surface area contributed by atoms with E-state index in [0.717, 1.165) is 33.2 Å². The van der Waals surface area contributed by atoms with Crippen LogP contribution in [-0.4, -0.2) is 13.3 Å². The highest BCUT2D eigenvalue weighted by Crippen LogP contribution is 2.48. The summed E-state index contributed by atoms with van der Waals surface area (Å²) in [5, 5.41) is 13.1. The van der Waals surface area contributed by atoms with Gasteiger partial charge in [0.25, 0.3) is 0 Å². The van der Waals surface area contributed by atoms with Crippen LogP contribution in [0.25, 0.3) is 10.8 Å². The SMILES string of the molecule is COc1ccc(/C=N/C2=C(C#N)C(c3ccc(Cl)cc3)c3cc(Cl)c4ccccc4c3O2)cc1. The van der Waals surface area contributed by atoms with Crippen LogP contribution in [0.4, 0.5) is 0 Å². The molecule has 0 N–H and O–H groups in total. The number of ether oxygens (including phenoxy) is 2. The van der Waals surface area contributed by atoms with Crippen LogP contribution in [0.5, 0.6) is 11.5 Å². The molecule has 0 amide bonds. The van der Waals surface area contributed by atoms with Crippen molar-refractivity contribution >= 4 is 40.2 Å². The predicted octanol–water partition coefficient (Wildman–Crippen LogP) is 7.53. The highest BCUT2D eigenvalue weighted by atomic mass is 35.5. The van der Waals surface area contributed by atoms with E-state index in [1.165, 1.54) is 0 Å². The summed E-state index contributed by atoms with van der Waals surface area (Å²) in [6, 6.07) is 26.9. The van der Waals surface area contributed by atoms with E-state index in [9.17, 15) is 5.26 Å². The molecule has 1 atom stereocenters. The number of methoxy groups -OCH3 is 1. The first kappa shape index (κ1) is 22.0. The second-order valence-corrected chi connectivity index (χ2v) is 8.61. The number of benzene rings is 4. The second kappa shape index (κ2) is 9.23. The molecule has 1 aliphatic heterocycles. The van der Waals surface area contributed by atoms with Crippen LogP contribution in [0.2, 0.25) is 10.0 Å². The maximum atomic E-state index is 10.2. The third-order valence-electron chi connectivity index (χ3n) is 5.77. The number of nitrogens with zero attached hydrogens (tertiary/aromatic N) is 2. The fourth-order valence-electron chi connectivity index (χ4n) is 4.12. The van der Waals surface area contributed by atoms with E-state index in [0.29, 0.717) is 21.4 Å². The van der Waals surface area contributed by atoms with Crippen molar-refractivity contribution in [3.63, 3.8) is 0 Å². The van der Waals surface area contributed by atoms with Gasteiger partial charge in [-0.05, 0) is 53.6 Å². The topological polar surface area (TPSA) is 54.6 Å². The quantitative estimate of drug-likeness (QED) is 0.281. The molecule has 0 saturated heterocycles. The van der Waals surface area contributed by atoms with E-state index in [-0.39, 0.29) is 5.88 Å². The van der Waals surface area contributed by atoms with Gasteiger partial charge in [0.05, 0.1) is 13.0 Å². The third-order valence-corrected chi connectivity index (χ3v) is 6.34. The lowest BCUT2D eigenvalue weighted by atomic mass is 9.82. The van der Waals surface area contributed by atoms with Gasteiger partial charge in [0.15, 0.2) is 0 Å². The van der Waals surface area contributed by atoms with Crippen LogP contribution < -0.4 is 9.47 Å². The molecule has 0 bridgehead atoms. The van der Waals surface area contributed by atoms with Gasteiger partial charge in [0.2, 0.25) is 5.88 Å². The predicted molar refractivity (Wildman–Crippen MR) is 136 cm³/mol. The first-order valence-electron chi connectivity index (χ1n) is 10.6. The summed E-state index contributed by atoms with van der Waals surface area (Å²) in [4.78, 5) is 4.59. The maximum absolute atomic E-state index is 10.2. The third kappa shape index (κ3) is 4.01. The fourth-order valence-corrected chi connectivity index (χ4v) is 4.52. The number of fused-ring (bicyclic) bond motifs is 3. The Hall–Kier alpha value is -3.78. The Morgan fingerprint density at radius 3 is 2.35 bits per heavy atom. The largest absolute Gasteiger partial charge is 0.497 e. The summed E-state index contributed by atoms with van der Waals surface area (Å²) < 4.78 is 11.5. The molecule has 5 rings (SSSR count). The summed E-state index contributed by atoms with van der Waals surface area (Å²) in [5.41, 5.74) is 2.95. The molecule has 0 radical (unpaired) electrons. The Bertz CT molecular complexity index is 1480. The van der Waals surface area contributed by atoms with Crippen molar-refractivity contribution in [3.8, 4) is 17.6 Å². The zero-order valence-electron chi connectivity index (χ0n) is 18.1. The summed E-state index contributed by atoms with van der Waals surface area (Å²) in [5.74, 6) is 1.23. The highest BCUT2D eigenvalue weighted by Gasteiger charge is 2.33. The first-order valence-corrected chi connectivity index (χ1v) is 11.3. The molecule has 0 aliphatic carbocycles. The van der Waals surface area contributed by atoms with Crippen LogP contribution >= 0.6 is 23.2 Å². The number of nitriles is 1. The van der Waals surface area contributed by atoms with Crippen molar-refractivity contribution in [2.24, 2.45) is 4.99 Å². The smallest absolute Gasteiger partial charge is 0.234 e. The van der Waals surface area contributed by atoms with E-state index in [4.69, 9.17) is 32.7 Å². The Morgan fingerprint density at radius 1 is 0.971 bits per heavy atom. The van der Waals surface area contributed by atoms with Crippen LogP contribution in [0, 0.1) is 11.3 Å². The Balaban J connectivity index is 1.70. The zero-order chi connectivity index (χ0) is 23.7. The highest BCUT2D eigenvalue weighted by molar-refractivity contribution is 6.36. The average Bonchev–Trinajstić information content (AvgIpc) is 2.88. The lowest BCUT2D eigenvalue weighted by Gasteiger charge is -2.28. The van der Waals surface area contributed by atoms with E-state index in [1.54, 1.807) is 13.3 Å². The molecular formula is C28H18Cl2N2O2. The Morgan fingerprint density at radius 2 is 1.68 bits per heavy atom. The number of rotatable bonds is 4. The number of halogens is 2. The van der Waals surface area contributed by atoms with Gasteiger partial charge in [-0.2, -0.15) is 5.26 Å². The number of aliphatic imine (C=N–C) groups is 1. The van der Waals surface area contributed by atoms with Gasteiger partial charge in [0, 0.05) is 32.6 Å². The molecule has 4 aromatic carbocycles. The van der Waals surface area contributed by atoms with Crippen LogP contribution in [0.3, 0.4) is 0 Å². The molecule has 1 aliphatic rings. The summed E-state index contributed by atoms with van der Waals surface area (Å²) in [7, 11) is 1.62. The van der Waals surface area contributed by atoms with E-state index < -0.39 is 5.92 Å². The number of hydrogen-bond acceptors (Lipinski definition) is 4. The molecule has 4 aromatic rings. The molecular weight excluding hydrogens is 467 g/mol. The number of allylic oxidation sites excluding steroid dienone is 1. The van der Waals surface area contributed by atoms with Crippen molar-refractivity contribution in [1.29, 1.82) is 5.26 Å². The van der Waals surface area contributed by atoms with Crippen LogP contribution in [0.1, 0.15) is 22.6 Å². The average molecular weight is 485 g/mol. The van der Waals surface area contributed by atoms with Gasteiger partial charge in [-0.25, -0.2) is 4.99 Å². The molecule has 0 spiro atoms. The minimum Gasteiger partial charge on any atom is -0.497 e. The molecule has 166 valence electrons. The number of hydrogen-bond donors (Lipinski definition) is 0. The van der Waals surface area contributed by atoms with Gasteiger partial charge in [0.1, 0.15) is 23.1 Å². The van der Waals surface area contributed by atoms with Gasteiger partial charge in [-0.15, -0.1) is 0 Å². The summed E-state index contributed by atoms with van der Waals surface area (Å²) >= 11 is 12.8. The van der Waals surface area contributed by atoms with Gasteiger partial charge >= 0.3 is 0 Å². The Kier molecular flexibility index (Phi) is 5.98. The van der Waals surface area contributed by atoms with Crippen molar-refractivity contribution in [2.75, 3.05) is 7.11 Å². The fraction of sp³-hybridized carbons (Fsp3) is 0.0714. The summed E-state index contributed by atoms with van der Waals surface area (Å²) in [6.45, 7) is 0. The molecule has 0 aromatic heterocycles. The molecule has 34 heavy (non-hydrogen) atoms. The lowest BCUT2D eigenvalue weighted by Crippen LogP contribution is -2.16. The van der Waals surface area contributed by atoms with Crippen molar-refractivity contribution < 1.29 is 9.47 Å². The molecule has 0 fully saturated rings. The van der Waals surface area contributed by atoms with E-state index in [1.807, 2.05) is 78.9 Å². The minimum atomic E-state index is -0.406. The van der Waals surface area contributed by atoms with Crippen molar-refractivity contribution in [1.82, 2.24) is 0 Å². The molecule has 0 saturated carbocycles. The molecule has 6 heteroatoms. The second-order valence-electron chi connectivity index (χ2n) is 7.77. The van der Waals surface area contributed by atoms with Crippen molar-refractivity contribution in [3.05, 3.63) is 117 Å². The normalized spacial score (nSPS) is 15.2. The minimum absolute atomic E-state index is 0.248. The Labute approximate surface area is 207 Å². The van der Waals surface area contributed by atoms with E-state index >= 15 is 0 Å². The first-order chi connectivity index (χ1) is 16.6. The monoisotopic (exact) mass is 484 g/mol. The van der Waals surface area contributed by atoms with Crippen molar-refractivity contribution in [2.45, 2.75) is 5.92 Å². The van der Waals surface area contributed by atoms with Gasteiger partial charge in [-0.1, -0.05) is 59.6 Å². The lowest BCUT2D eigenvalue weighted by molar-refractivity contribution is 0.400. The zero-order valence-corrected chi connectivity index (χ0v) is 19.6. The van der Waals surface area contributed by atoms with E-state index in [2.05, 4.69) is 11.1 Å². The van der Waals surface area contributed by atoms with Gasteiger partial charge < -0.3 is 9.47 Å². The van der Waals surface area contributed by atoms with Crippen LogP contribution in [0.15, 0.2) is 95.3 Å². The summed E-state index contributed by atoms with van der Waals surface area (Å²) in [6.07, 6.45) is 1.67. The van der Waals surface area contributed by atoms with Crippen LogP contribution in [-0.2, 0) is 0 Å².